The Morgan fingerprint density at radius 1 is 1.50 bits per heavy atom. The number of halogens is 1. The number of carbonyl (C=O) groups excluding carboxylic acids is 2. The fourth-order valence-corrected chi connectivity index (χ4v) is 2.48. The summed E-state index contributed by atoms with van der Waals surface area (Å²) in [6.45, 7) is 0.553. The Balaban J connectivity index is 1.58. The SMILES string of the molecule is Cn1nccc1N1CC(CNC(=O)c2ccc(Br)o2)OC1=O. The topological polar surface area (TPSA) is 89.6 Å². The van der Waals surface area contributed by atoms with Crippen molar-refractivity contribution >= 4 is 33.7 Å². The van der Waals surface area contributed by atoms with Crippen LogP contribution in [-0.4, -0.2) is 41.0 Å². The molecule has 9 heteroatoms. The van der Waals surface area contributed by atoms with Crippen LogP contribution in [0.2, 0.25) is 0 Å². The summed E-state index contributed by atoms with van der Waals surface area (Å²) in [6.07, 6.45) is 0.722. The molecule has 116 valence electrons. The first-order valence-electron chi connectivity index (χ1n) is 6.54. The molecule has 3 heterocycles. The number of hydrogen-bond acceptors (Lipinski definition) is 5. The van der Waals surface area contributed by atoms with E-state index in [2.05, 4.69) is 26.3 Å². The maximum absolute atomic E-state index is 11.9. The quantitative estimate of drug-likeness (QED) is 0.883. The number of ether oxygens (including phenoxy) is 1. The molecule has 0 spiro atoms. The first-order valence-corrected chi connectivity index (χ1v) is 7.33. The Hall–Kier alpha value is -2.29. The molecule has 1 atom stereocenters. The van der Waals surface area contributed by atoms with Gasteiger partial charge in [0.25, 0.3) is 5.91 Å². The van der Waals surface area contributed by atoms with Crippen LogP contribution >= 0.6 is 15.9 Å². The third kappa shape index (κ3) is 2.84. The number of furan rings is 1. The van der Waals surface area contributed by atoms with E-state index in [0.717, 1.165) is 0 Å². The van der Waals surface area contributed by atoms with E-state index in [1.807, 2.05) is 0 Å². The number of rotatable bonds is 4. The summed E-state index contributed by atoms with van der Waals surface area (Å²) in [6, 6.07) is 4.92. The van der Waals surface area contributed by atoms with Gasteiger partial charge >= 0.3 is 6.09 Å². The molecule has 2 amide bonds. The number of nitrogens with one attached hydrogen (secondary N) is 1. The van der Waals surface area contributed by atoms with Crippen molar-refractivity contribution < 1.29 is 18.7 Å². The van der Waals surface area contributed by atoms with E-state index in [1.54, 1.807) is 36.1 Å². The maximum Gasteiger partial charge on any atom is 0.416 e. The van der Waals surface area contributed by atoms with Crippen LogP contribution in [0.15, 0.2) is 33.5 Å². The van der Waals surface area contributed by atoms with Crippen molar-refractivity contribution in [2.75, 3.05) is 18.0 Å². The summed E-state index contributed by atoms with van der Waals surface area (Å²) in [7, 11) is 1.74. The lowest BCUT2D eigenvalue weighted by Crippen LogP contribution is -2.34. The zero-order chi connectivity index (χ0) is 15.7. The van der Waals surface area contributed by atoms with Crippen molar-refractivity contribution in [1.29, 1.82) is 0 Å². The van der Waals surface area contributed by atoms with Crippen molar-refractivity contribution in [2.45, 2.75) is 6.10 Å². The van der Waals surface area contributed by atoms with Gasteiger partial charge in [0.2, 0.25) is 0 Å². The van der Waals surface area contributed by atoms with Gasteiger partial charge in [-0.3, -0.25) is 14.4 Å². The molecule has 3 rings (SSSR count). The number of nitrogens with zero attached hydrogens (tertiary/aromatic N) is 3. The molecule has 1 unspecified atom stereocenters. The van der Waals surface area contributed by atoms with Gasteiger partial charge < -0.3 is 14.5 Å². The Morgan fingerprint density at radius 3 is 2.95 bits per heavy atom. The van der Waals surface area contributed by atoms with Gasteiger partial charge in [-0.15, -0.1) is 0 Å². The van der Waals surface area contributed by atoms with Crippen LogP contribution < -0.4 is 10.2 Å². The molecule has 0 bridgehead atoms. The third-order valence-electron chi connectivity index (χ3n) is 3.23. The van der Waals surface area contributed by atoms with Crippen molar-refractivity contribution in [3.63, 3.8) is 0 Å². The van der Waals surface area contributed by atoms with E-state index in [9.17, 15) is 9.59 Å². The van der Waals surface area contributed by atoms with Crippen LogP contribution in [0.3, 0.4) is 0 Å². The van der Waals surface area contributed by atoms with Crippen LogP contribution in [-0.2, 0) is 11.8 Å². The zero-order valence-corrected chi connectivity index (χ0v) is 13.2. The summed E-state index contributed by atoms with van der Waals surface area (Å²) in [5, 5.41) is 6.69. The number of aromatic nitrogens is 2. The highest BCUT2D eigenvalue weighted by Gasteiger charge is 2.34. The summed E-state index contributed by atoms with van der Waals surface area (Å²) in [5.74, 6) is 0.481. The molecule has 0 aromatic carbocycles. The summed E-state index contributed by atoms with van der Waals surface area (Å²) in [4.78, 5) is 25.2. The number of hydrogen-bond donors (Lipinski definition) is 1. The molecule has 0 saturated carbocycles. The van der Waals surface area contributed by atoms with Crippen molar-refractivity contribution in [1.82, 2.24) is 15.1 Å². The standard InChI is InChI=1S/C13H13BrN4O4/c1-17-11(4-5-16-17)18-7-8(21-13(18)20)6-15-12(19)9-2-3-10(14)22-9/h2-5,8H,6-7H2,1H3,(H,15,19). The van der Waals surface area contributed by atoms with E-state index in [-0.39, 0.29) is 18.2 Å². The fourth-order valence-electron chi connectivity index (χ4n) is 2.18. The van der Waals surface area contributed by atoms with E-state index in [0.29, 0.717) is 17.0 Å². The molecular formula is C13H13BrN4O4. The molecule has 8 nitrogen and oxygen atoms in total. The summed E-state index contributed by atoms with van der Waals surface area (Å²) < 4.78 is 12.5. The van der Waals surface area contributed by atoms with Gasteiger partial charge in [0, 0.05) is 13.1 Å². The van der Waals surface area contributed by atoms with E-state index < -0.39 is 12.2 Å². The smallest absolute Gasteiger partial charge is 0.416 e. The average molecular weight is 369 g/mol. The highest BCUT2D eigenvalue weighted by molar-refractivity contribution is 9.10. The van der Waals surface area contributed by atoms with E-state index in [4.69, 9.17) is 9.15 Å². The van der Waals surface area contributed by atoms with Crippen LogP contribution in [0.4, 0.5) is 10.6 Å². The lowest BCUT2D eigenvalue weighted by atomic mass is 10.3. The molecule has 0 radical (unpaired) electrons. The fraction of sp³-hybridized carbons (Fsp3) is 0.308. The van der Waals surface area contributed by atoms with Gasteiger partial charge in [-0.2, -0.15) is 5.10 Å². The second-order valence-electron chi connectivity index (χ2n) is 4.74. The second kappa shape index (κ2) is 5.84. The molecular weight excluding hydrogens is 356 g/mol. The Kier molecular flexibility index (Phi) is 3.88. The van der Waals surface area contributed by atoms with Gasteiger partial charge in [-0.25, -0.2) is 4.79 Å². The van der Waals surface area contributed by atoms with Gasteiger partial charge in [-0.1, -0.05) is 0 Å². The highest BCUT2D eigenvalue weighted by Crippen LogP contribution is 2.20. The number of carbonyl (C=O) groups is 2. The predicted octanol–water partition coefficient (Wildman–Crippen LogP) is 1.53. The number of aryl methyl sites for hydroxylation is 1. The second-order valence-corrected chi connectivity index (χ2v) is 5.52. The zero-order valence-electron chi connectivity index (χ0n) is 11.7. The molecule has 1 saturated heterocycles. The molecule has 1 fully saturated rings. The normalized spacial score (nSPS) is 17.6. The van der Waals surface area contributed by atoms with Crippen LogP contribution in [0.1, 0.15) is 10.6 Å². The number of cyclic esters (lactones) is 1. The molecule has 1 aliphatic heterocycles. The molecule has 1 aliphatic rings. The summed E-state index contributed by atoms with van der Waals surface area (Å²) >= 11 is 3.13. The van der Waals surface area contributed by atoms with Gasteiger partial charge in [-0.05, 0) is 28.1 Å². The summed E-state index contributed by atoms with van der Waals surface area (Å²) in [5.41, 5.74) is 0. The largest absolute Gasteiger partial charge is 0.444 e. The minimum atomic E-state index is -0.455. The Bertz CT molecular complexity index is 710. The molecule has 0 aliphatic carbocycles. The maximum atomic E-state index is 11.9. The third-order valence-corrected chi connectivity index (χ3v) is 3.66. The number of anilines is 1. The first kappa shape index (κ1) is 14.6. The van der Waals surface area contributed by atoms with Crippen molar-refractivity contribution in [3.8, 4) is 0 Å². The van der Waals surface area contributed by atoms with Gasteiger partial charge in [0.15, 0.2) is 10.4 Å². The van der Waals surface area contributed by atoms with Crippen LogP contribution in [0.5, 0.6) is 0 Å². The monoisotopic (exact) mass is 368 g/mol. The van der Waals surface area contributed by atoms with E-state index >= 15 is 0 Å². The number of amides is 2. The van der Waals surface area contributed by atoms with Crippen molar-refractivity contribution in [2.24, 2.45) is 7.05 Å². The lowest BCUT2D eigenvalue weighted by Gasteiger charge is -2.12. The molecule has 22 heavy (non-hydrogen) atoms. The Morgan fingerprint density at radius 2 is 2.32 bits per heavy atom. The van der Waals surface area contributed by atoms with E-state index in [1.165, 1.54) is 4.90 Å². The average Bonchev–Trinajstić information content (AvgIpc) is 3.17. The van der Waals surface area contributed by atoms with Crippen molar-refractivity contribution in [3.05, 3.63) is 34.8 Å². The minimum Gasteiger partial charge on any atom is -0.444 e. The highest BCUT2D eigenvalue weighted by atomic mass is 79.9. The minimum absolute atomic E-state index is 0.194. The molecule has 2 aromatic heterocycles. The molecule has 1 N–H and O–H groups in total. The molecule has 2 aromatic rings. The lowest BCUT2D eigenvalue weighted by molar-refractivity contribution is 0.0888. The Labute approximate surface area is 134 Å². The van der Waals surface area contributed by atoms with Crippen LogP contribution in [0, 0.1) is 0 Å². The first-order chi connectivity index (χ1) is 10.5. The van der Waals surface area contributed by atoms with Crippen LogP contribution in [0.25, 0.3) is 0 Å². The van der Waals surface area contributed by atoms with Gasteiger partial charge in [0.05, 0.1) is 19.3 Å². The van der Waals surface area contributed by atoms with Gasteiger partial charge in [0.1, 0.15) is 11.9 Å². The predicted molar refractivity (Wildman–Crippen MR) is 79.6 cm³/mol.